The van der Waals surface area contributed by atoms with Crippen molar-refractivity contribution in [3.05, 3.63) is 35.4 Å². The first-order chi connectivity index (χ1) is 13.6. The number of hydrogen-bond donors (Lipinski definition) is 1. The van der Waals surface area contributed by atoms with Gasteiger partial charge in [-0.2, -0.15) is 15.1 Å². The quantitative estimate of drug-likeness (QED) is 0.520. The van der Waals surface area contributed by atoms with Gasteiger partial charge in [0.25, 0.3) is 5.91 Å². The van der Waals surface area contributed by atoms with Crippen LogP contribution in [0.25, 0.3) is 6.08 Å². The summed E-state index contributed by atoms with van der Waals surface area (Å²) in [7, 11) is 0. The molecule has 0 atom stereocenters. The maximum absolute atomic E-state index is 12.5. The Hall–Kier alpha value is -1.86. The molecular formula is C21H24N4OS2. The van der Waals surface area contributed by atoms with Gasteiger partial charge >= 0.3 is 0 Å². The van der Waals surface area contributed by atoms with Crippen LogP contribution in [0.15, 0.2) is 44.8 Å². The first-order valence-corrected chi connectivity index (χ1v) is 11.8. The number of benzene rings is 1. The number of fused-ring (bicyclic) bond motifs is 1. The lowest BCUT2D eigenvalue weighted by Gasteiger charge is -2.20. The van der Waals surface area contributed by atoms with Gasteiger partial charge in [0, 0.05) is 4.90 Å². The Bertz CT molecular complexity index is 867. The molecule has 0 aromatic heterocycles. The summed E-state index contributed by atoms with van der Waals surface area (Å²) in [4.78, 5) is 17.8. The van der Waals surface area contributed by atoms with Crippen LogP contribution in [-0.2, 0) is 4.79 Å². The number of amides is 1. The highest BCUT2D eigenvalue weighted by Gasteiger charge is 2.35. The highest BCUT2D eigenvalue weighted by Crippen LogP contribution is 2.33. The number of hydrogen-bond acceptors (Lipinski definition) is 5. The summed E-state index contributed by atoms with van der Waals surface area (Å²) in [5, 5.41) is 16.1. The monoisotopic (exact) mass is 412 g/mol. The minimum absolute atomic E-state index is 0.115. The van der Waals surface area contributed by atoms with Crippen LogP contribution in [0, 0.1) is 11.3 Å². The van der Waals surface area contributed by atoms with E-state index in [2.05, 4.69) is 10.1 Å². The molecule has 0 radical (unpaired) electrons. The van der Waals surface area contributed by atoms with Gasteiger partial charge in [-0.25, -0.2) is 0 Å². The molecule has 1 fully saturated rings. The van der Waals surface area contributed by atoms with Crippen molar-refractivity contribution in [1.29, 1.82) is 5.41 Å². The SMILES string of the molecule is CSc1ccc(C=C2C(=N)N3N=C(CCC4CCCCC4)SC3=NC2=O)cc1. The first kappa shape index (κ1) is 19.5. The third-order valence-electron chi connectivity index (χ3n) is 5.41. The van der Waals surface area contributed by atoms with Gasteiger partial charge < -0.3 is 0 Å². The molecular weight excluding hydrogens is 388 g/mol. The van der Waals surface area contributed by atoms with E-state index in [1.54, 1.807) is 17.8 Å². The summed E-state index contributed by atoms with van der Waals surface area (Å²) in [6, 6.07) is 7.93. The molecule has 1 amide bonds. The highest BCUT2D eigenvalue weighted by molar-refractivity contribution is 8.26. The lowest BCUT2D eigenvalue weighted by Crippen LogP contribution is -2.35. The van der Waals surface area contributed by atoms with Crippen molar-refractivity contribution >= 4 is 51.6 Å². The van der Waals surface area contributed by atoms with Gasteiger partial charge in [0.2, 0.25) is 5.17 Å². The zero-order valence-electron chi connectivity index (χ0n) is 16.0. The Labute approximate surface area is 174 Å². The van der Waals surface area contributed by atoms with Gasteiger partial charge in [-0.05, 0) is 60.5 Å². The molecule has 4 rings (SSSR count). The van der Waals surface area contributed by atoms with Crippen LogP contribution in [0.5, 0.6) is 0 Å². The second-order valence-electron chi connectivity index (χ2n) is 7.33. The molecule has 0 saturated heterocycles. The summed E-state index contributed by atoms with van der Waals surface area (Å²) in [6.07, 6.45) is 12.5. The number of amidine groups is 2. The molecule has 1 aromatic carbocycles. The van der Waals surface area contributed by atoms with E-state index in [4.69, 9.17) is 5.41 Å². The van der Waals surface area contributed by atoms with Crippen LogP contribution in [-0.4, -0.2) is 33.2 Å². The van der Waals surface area contributed by atoms with Crippen LogP contribution in [0.4, 0.5) is 0 Å². The fourth-order valence-electron chi connectivity index (χ4n) is 3.80. The van der Waals surface area contributed by atoms with Gasteiger partial charge in [0.05, 0.1) is 5.57 Å². The van der Waals surface area contributed by atoms with E-state index in [0.29, 0.717) is 10.7 Å². The largest absolute Gasteiger partial charge is 0.283 e. The Kier molecular flexibility index (Phi) is 6.01. The Morgan fingerprint density at radius 2 is 2.00 bits per heavy atom. The number of hydrazone groups is 1. The molecule has 7 heteroatoms. The molecule has 1 saturated carbocycles. The number of nitrogens with zero attached hydrogens (tertiary/aromatic N) is 3. The minimum atomic E-state index is -0.360. The van der Waals surface area contributed by atoms with E-state index in [1.165, 1.54) is 48.9 Å². The Morgan fingerprint density at radius 1 is 1.25 bits per heavy atom. The number of carbonyl (C=O) groups is 1. The molecule has 0 unspecified atom stereocenters. The van der Waals surface area contributed by atoms with Crippen molar-refractivity contribution in [2.24, 2.45) is 16.0 Å². The van der Waals surface area contributed by atoms with Crippen molar-refractivity contribution < 1.29 is 4.79 Å². The van der Waals surface area contributed by atoms with Crippen molar-refractivity contribution in [2.75, 3.05) is 6.26 Å². The molecule has 1 aromatic rings. The number of aliphatic imine (C=N–C) groups is 1. The molecule has 146 valence electrons. The third-order valence-corrected chi connectivity index (χ3v) is 7.13. The lowest BCUT2D eigenvalue weighted by atomic mass is 9.86. The summed E-state index contributed by atoms with van der Waals surface area (Å²) < 4.78 is 0. The number of carbonyl (C=O) groups excluding carboxylic acids is 1. The number of nitrogens with one attached hydrogen (secondary N) is 1. The minimum Gasteiger partial charge on any atom is -0.282 e. The predicted molar refractivity (Wildman–Crippen MR) is 119 cm³/mol. The van der Waals surface area contributed by atoms with E-state index < -0.39 is 0 Å². The van der Waals surface area contributed by atoms with Gasteiger partial charge in [-0.1, -0.05) is 44.2 Å². The molecule has 1 aliphatic carbocycles. The number of rotatable bonds is 5. The third kappa shape index (κ3) is 4.25. The predicted octanol–water partition coefficient (Wildman–Crippen LogP) is 5.39. The van der Waals surface area contributed by atoms with Crippen LogP contribution < -0.4 is 0 Å². The second-order valence-corrected chi connectivity index (χ2v) is 9.25. The van der Waals surface area contributed by atoms with Gasteiger partial charge in [0.15, 0.2) is 5.84 Å². The zero-order valence-corrected chi connectivity index (χ0v) is 17.6. The van der Waals surface area contributed by atoms with Crippen molar-refractivity contribution in [2.45, 2.75) is 49.8 Å². The van der Waals surface area contributed by atoms with Crippen LogP contribution in [0.3, 0.4) is 0 Å². The van der Waals surface area contributed by atoms with E-state index in [9.17, 15) is 4.79 Å². The van der Waals surface area contributed by atoms with Crippen molar-refractivity contribution in [3.63, 3.8) is 0 Å². The van der Waals surface area contributed by atoms with E-state index in [1.807, 2.05) is 30.5 Å². The normalized spacial score (nSPS) is 21.8. The van der Waals surface area contributed by atoms with E-state index >= 15 is 0 Å². The summed E-state index contributed by atoms with van der Waals surface area (Å²) >= 11 is 3.11. The fraction of sp³-hybridized carbons (Fsp3) is 0.429. The fourth-order valence-corrected chi connectivity index (χ4v) is 5.11. The standard InChI is InChI=1S/C21H24N4OS2/c1-27-16-10-7-15(8-11-16)13-17-19(22)25-21(23-20(17)26)28-18(24-25)12-9-14-5-3-2-4-6-14/h7-8,10-11,13-14,22H,2-6,9,12H2,1H3. The van der Waals surface area contributed by atoms with Crippen LogP contribution in [0.1, 0.15) is 50.5 Å². The molecule has 0 spiro atoms. The Balaban J connectivity index is 1.47. The number of thioether (sulfide) groups is 2. The average molecular weight is 413 g/mol. The molecule has 2 heterocycles. The molecule has 0 bridgehead atoms. The maximum Gasteiger partial charge on any atom is 0.283 e. The smallest absolute Gasteiger partial charge is 0.282 e. The molecule has 3 aliphatic rings. The Morgan fingerprint density at radius 3 is 2.71 bits per heavy atom. The van der Waals surface area contributed by atoms with Crippen molar-refractivity contribution in [3.8, 4) is 0 Å². The van der Waals surface area contributed by atoms with Crippen molar-refractivity contribution in [1.82, 2.24) is 5.01 Å². The second kappa shape index (κ2) is 8.66. The topological polar surface area (TPSA) is 68.9 Å². The van der Waals surface area contributed by atoms with Crippen LogP contribution >= 0.6 is 23.5 Å². The van der Waals surface area contributed by atoms with E-state index in [0.717, 1.165) is 34.3 Å². The van der Waals surface area contributed by atoms with Crippen LogP contribution in [0.2, 0.25) is 0 Å². The highest BCUT2D eigenvalue weighted by atomic mass is 32.2. The summed E-state index contributed by atoms with van der Waals surface area (Å²) in [6.45, 7) is 0. The molecule has 28 heavy (non-hydrogen) atoms. The first-order valence-electron chi connectivity index (χ1n) is 9.77. The summed E-state index contributed by atoms with van der Waals surface area (Å²) in [5.74, 6) is 0.544. The van der Waals surface area contributed by atoms with Gasteiger partial charge in [0.1, 0.15) is 5.04 Å². The van der Waals surface area contributed by atoms with Gasteiger partial charge in [-0.15, -0.1) is 11.8 Å². The molecule has 1 N–H and O–H groups in total. The van der Waals surface area contributed by atoms with E-state index in [-0.39, 0.29) is 11.7 Å². The zero-order chi connectivity index (χ0) is 19.5. The lowest BCUT2D eigenvalue weighted by molar-refractivity contribution is -0.114. The molecule has 5 nitrogen and oxygen atoms in total. The maximum atomic E-state index is 12.5. The average Bonchev–Trinajstić information content (AvgIpc) is 3.14. The summed E-state index contributed by atoms with van der Waals surface area (Å²) in [5.41, 5.74) is 1.18. The molecule has 2 aliphatic heterocycles. The van der Waals surface area contributed by atoms with Gasteiger partial charge in [-0.3, -0.25) is 10.2 Å².